The number of phenols is 1. The van der Waals surface area contributed by atoms with Gasteiger partial charge in [0.1, 0.15) is 22.9 Å². The number of aromatic hydroxyl groups is 1. The quantitative estimate of drug-likeness (QED) is 0.775. The molecule has 0 amide bonds. The summed E-state index contributed by atoms with van der Waals surface area (Å²) in [5, 5.41) is 18.1. The van der Waals surface area contributed by atoms with E-state index in [1.54, 1.807) is 31.4 Å². The molecule has 3 N–H and O–H groups in total. The minimum atomic E-state index is 0.0945. The van der Waals surface area contributed by atoms with Gasteiger partial charge in [-0.05, 0) is 42.8 Å². The summed E-state index contributed by atoms with van der Waals surface area (Å²) in [6.45, 7) is 1.95. The number of benzene rings is 2. The fraction of sp³-hybridized carbons (Fsp3) is 0.125. The maximum absolute atomic E-state index is 9.93. The molecule has 0 bridgehead atoms. The Balaban J connectivity index is 2.10. The van der Waals surface area contributed by atoms with Gasteiger partial charge in [-0.25, -0.2) is 0 Å². The molecule has 0 fully saturated rings. The van der Waals surface area contributed by atoms with Crippen LogP contribution in [0.2, 0.25) is 0 Å². The van der Waals surface area contributed by atoms with Gasteiger partial charge in [-0.3, -0.25) is 0 Å². The maximum Gasteiger partial charge on any atom is 0.156 e. The number of nitrogens with zero attached hydrogens (tertiary/aromatic N) is 3. The van der Waals surface area contributed by atoms with Crippen molar-refractivity contribution in [2.45, 2.75) is 6.92 Å². The molecule has 0 aliphatic carbocycles. The van der Waals surface area contributed by atoms with Crippen LogP contribution in [0.4, 0.5) is 5.82 Å². The number of methoxy groups -OCH3 is 1. The largest absolute Gasteiger partial charge is 0.506 e. The molecular weight excluding hydrogens is 280 g/mol. The molecule has 2 aromatic carbocycles. The van der Waals surface area contributed by atoms with Crippen LogP contribution in [0.1, 0.15) is 5.56 Å². The summed E-state index contributed by atoms with van der Waals surface area (Å²) in [6, 6.07) is 12.5. The van der Waals surface area contributed by atoms with E-state index in [4.69, 9.17) is 10.5 Å². The molecule has 0 spiro atoms. The normalized spacial score (nSPS) is 10.6. The molecule has 3 aromatic rings. The van der Waals surface area contributed by atoms with Gasteiger partial charge in [-0.2, -0.15) is 4.68 Å². The maximum atomic E-state index is 9.93. The van der Waals surface area contributed by atoms with Crippen molar-refractivity contribution in [3.05, 3.63) is 48.0 Å². The van der Waals surface area contributed by atoms with Gasteiger partial charge in [0.05, 0.1) is 7.11 Å². The number of para-hydroxylation sites is 2. The second-order valence-corrected chi connectivity index (χ2v) is 4.90. The van der Waals surface area contributed by atoms with E-state index in [0.29, 0.717) is 17.2 Å². The molecule has 0 saturated carbocycles. The lowest BCUT2D eigenvalue weighted by Gasteiger charge is -2.08. The molecule has 0 unspecified atom stereocenters. The van der Waals surface area contributed by atoms with Crippen molar-refractivity contribution in [3.63, 3.8) is 0 Å². The van der Waals surface area contributed by atoms with Gasteiger partial charge in [-0.15, -0.1) is 5.10 Å². The van der Waals surface area contributed by atoms with Crippen LogP contribution in [-0.2, 0) is 0 Å². The van der Waals surface area contributed by atoms with Crippen LogP contribution >= 0.6 is 0 Å². The van der Waals surface area contributed by atoms with Crippen molar-refractivity contribution in [3.8, 4) is 28.4 Å². The van der Waals surface area contributed by atoms with E-state index in [0.717, 1.165) is 16.9 Å². The fourth-order valence-electron chi connectivity index (χ4n) is 2.33. The molecule has 0 atom stereocenters. The van der Waals surface area contributed by atoms with Crippen LogP contribution in [0.15, 0.2) is 42.5 Å². The number of aromatic nitrogens is 3. The Morgan fingerprint density at radius 2 is 1.95 bits per heavy atom. The number of ether oxygens (including phenoxy) is 1. The summed E-state index contributed by atoms with van der Waals surface area (Å²) < 4.78 is 6.63. The first kappa shape index (κ1) is 13.9. The second kappa shape index (κ2) is 5.40. The zero-order chi connectivity index (χ0) is 15.7. The van der Waals surface area contributed by atoms with Crippen LogP contribution in [0.5, 0.6) is 11.5 Å². The third kappa shape index (κ3) is 2.24. The molecule has 0 radical (unpaired) electrons. The third-order valence-electron chi connectivity index (χ3n) is 3.50. The molecule has 22 heavy (non-hydrogen) atoms. The van der Waals surface area contributed by atoms with E-state index in [-0.39, 0.29) is 5.75 Å². The first-order chi connectivity index (χ1) is 10.6. The smallest absolute Gasteiger partial charge is 0.156 e. The summed E-state index contributed by atoms with van der Waals surface area (Å²) in [7, 11) is 1.62. The summed E-state index contributed by atoms with van der Waals surface area (Å²) in [5.41, 5.74) is 9.09. The lowest BCUT2D eigenvalue weighted by atomic mass is 10.1. The highest BCUT2D eigenvalue weighted by molar-refractivity contribution is 5.74. The van der Waals surface area contributed by atoms with Gasteiger partial charge in [0.15, 0.2) is 5.82 Å². The predicted molar refractivity (Wildman–Crippen MR) is 84.2 cm³/mol. The fourth-order valence-corrected chi connectivity index (χ4v) is 2.33. The molecular formula is C16H16N4O2. The molecule has 6 nitrogen and oxygen atoms in total. The molecule has 1 aromatic heterocycles. The average molecular weight is 296 g/mol. The number of nitrogen functional groups attached to an aromatic ring is 1. The van der Waals surface area contributed by atoms with Crippen molar-refractivity contribution < 1.29 is 9.84 Å². The lowest BCUT2D eigenvalue weighted by Crippen LogP contribution is -2.02. The van der Waals surface area contributed by atoms with E-state index in [2.05, 4.69) is 10.3 Å². The summed E-state index contributed by atoms with van der Waals surface area (Å²) in [5.74, 6) is 1.24. The summed E-state index contributed by atoms with van der Waals surface area (Å²) >= 11 is 0. The first-order valence-electron chi connectivity index (χ1n) is 6.76. The van der Waals surface area contributed by atoms with Crippen molar-refractivity contribution in [2.75, 3.05) is 12.8 Å². The SMILES string of the molecule is COc1ccc(-c2nnn(-c3ccccc3O)c2N)c(C)c1. The number of aryl methyl sites for hydroxylation is 1. The minimum Gasteiger partial charge on any atom is -0.506 e. The zero-order valence-electron chi connectivity index (χ0n) is 12.3. The Kier molecular flexibility index (Phi) is 3.42. The Bertz CT molecular complexity index is 827. The minimum absolute atomic E-state index is 0.0945. The number of hydrogen-bond donors (Lipinski definition) is 2. The molecule has 1 heterocycles. The number of anilines is 1. The highest BCUT2D eigenvalue weighted by Crippen LogP contribution is 2.31. The van der Waals surface area contributed by atoms with Crippen LogP contribution in [0, 0.1) is 6.92 Å². The number of nitrogens with two attached hydrogens (primary N) is 1. The van der Waals surface area contributed by atoms with E-state index in [1.165, 1.54) is 4.68 Å². The molecule has 0 aliphatic rings. The van der Waals surface area contributed by atoms with Crippen LogP contribution < -0.4 is 10.5 Å². The number of phenolic OH excluding ortho intramolecular Hbond substituents is 1. The monoisotopic (exact) mass is 296 g/mol. The van der Waals surface area contributed by atoms with Gasteiger partial charge in [0.2, 0.25) is 0 Å². The van der Waals surface area contributed by atoms with Gasteiger partial charge in [0, 0.05) is 5.56 Å². The molecule has 0 aliphatic heterocycles. The number of rotatable bonds is 3. The van der Waals surface area contributed by atoms with Crippen molar-refractivity contribution in [1.29, 1.82) is 0 Å². The van der Waals surface area contributed by atoms with E-state index < -0.39 is 0 Å². The van der Waals surface area contributed by atoms with E-state index in [9.17, 15) is 5.11 Å². The van der Waals surface area contributed by atoms with Crippen LogP contribution in [-0.4, -0.2) is 27.2 Å². The predicted octanol–water partition coefficient (Wildman–Crippen LogP) is 2.54. The second-order valence-electron chi connectivity index (χ2n) is 4.90. The molecule has 6 heteroatoms. The Morgan fingerprint density at radius 1 is 1.18 bits per heavy atom. The van der Waals surface area contributed by atoms with Gasteiger partial charge >= 0.3 is 0 Å². The van der Waals surface area contributed by atoms with Crippen LogP contribution in [0.25, 0.3) is 16.9 Å². The van der Waals surface area contributed by atoms with Crippen molar-refractivity contribution in [1.82, 2.24) is 15.0 Å². The average Bonchev–Trinajstić information content (AvgIpc) is 2.89. The van der Waals surface area contributed by atoms with Gasteiger partial charge in [-0.1, -0.05) is 17.3 Å². The molecule has 112 valence electrons. The van der Waals surface area contributed by atoms with Gasteiger partial charge in [0.25, 0.3) is 0 Å². The summed E-state index contributed by atoms with van der Waals surface area (Å²) in [6.07, 6.45) is 0. The standard InChI is InChI=1S/C16H16N4O2/c1-10-9-11(22-2)7-8-12(10)15-16(17)20(19-18-15)13-5-3-4-6-14(13)21/h3-9,21H,17H2,1-2H3. The third-order valence-corrected chi connectivity index (χ3v) is 3.50. The Morgan fingerprint density at radius 3 is 2.64 bits per heavy atom. The van der Waals surface area contributed by atoms with Crippen molar-refractivity contribution in [2.24, 2.45) is 0 Å². The van der Waals surface area contributed by atoms with E-state index >= 15 is 0 Å². The molecule has 3 rings (SSSR count). The first-order valence-corrected chi connectivity index (χ1v) is 6.76. The highest BCUT2D eigenvalue weighted by Gasteiger charge is 2.16. The van der Waals surface area contributed by atoms with Crippen LogP contribution in [0.3, 0.4) is 0 Å². The van der Waals surface area contributed by atoms with E-state index in [1.807, 2.05) is 25.1 Å². The zero-order valence-corrected chi connectivity index (χ0v) is 12.3. The lowest BCUT2D eigenvalue weighted by molar-refractivity contribution is 0.414. The topological polar surface area (TPSA) is 86.2 Å². The van der Waals surface area contributed by atoms with Crippen molar-refractivity contribution >= 4 is 5.82 Å². The Labute approximate surface area is 127 Å². The summed E-state index contributed by atoms with van der Waals surface area (Å²) in [4.78, 5) is 0. The van der Waals surface area contributed by atoms with Gasteiger partial charge < -0.3 is 15.6 Å². The molecule has 0 saturated heterocycles. The highest BCUT2D eigenvalue weighted by atomic mass is 16.5. The Hall–Kier alpha value is -3.02. The number of hydrogen-bond acceptors (Lipinski definition) is 5.